The van der Waals surface area contributed by atoms with E-state index in [1.165, 1.54) is 0 Å². The summed E-state index contributed by atoms with van der Waals surface area (Å²) in [5, 5.41) is 7.96. The van der Waals surface area contributed by atoms with Crippen LogP contribution in [0.15, 0.2) is 61.3 Å². The topological polar surface area (TPSA) is 59.4 Å². The van der Waals surface area contributed by atoms with Crippen LogP contribution in [-0.4, -0.2) is 28.8 Å². The van der Waals surface area contributed by atoms with Gasteiger partial charge in [-0.3, -0.25) is 9.48 Å². The molecule has 0 bridgehead atoms. The number of amides is 1. The summed E-state index contributed by atoms with van der Waals surface area (Å²) < 4.78 is 7.08. The molecule has 0 spiro atoms. The highest BCUT2D eigenvalue weighted by Crippen LogP contribution is 2.41. The molecule has 6 heteroatoms. The summed E-state index contributed by atoms with van der Waals surface area (Å²) in [5.74, 6) is 0.698. The molecule has 1 N–H and O–H groups in total. The van der Waals surface area contributed by atoms with Crippen molar-refractivity contribution < 1.29 is 9.53 Å². The Hall–Kier alpha value is -3.54. The normalized spacial score (nSPS) is 17.7. The number of aromatic nitrogens is 2. The summed E-state index contributed by atoms with van der Waals surface area (Å²) in [4.78, 5) is 14.3. The van der Waals surface area contributed by atoms with E-state index in [2.05, 4.69) is 42.1 Å². The summed E-state index contributed by atoms with van der Waals surface area (Å²) in [6.45, 7) is 7.63. The van der Waals surface area contributed by atoms with E-state index >= 15 is 0 Å². The number of rotatable bonds is 5. The molecule has 0 unspecified atom stereocenters. The Labute approximate surface area is 183 Å². The molecule has 160 valence electrons. The molecule has 3 aromatic rings. The molecule has 2 atom stereocenters. The van der Waals surface area contributed by atoms with Gasteiger partial charge in [0.2, 0.25) is 5.91 Å². The van der Waals surface area contributed by atoms with E-state index in [4.69, 9.17) is 4.74 Å². The van der Waals surface area contributed by atoms with Crippen LogP contribution >= 0.6 is 0 Å². The molecule has 2 aromatic carbocycles. The molecule has 0 saturated heterocycles. The second-order valence-corrected chi connectivity index (χ2v) is 7.99. The third kappa shape index (κ3) is 3.93. The van der Waals surface area contributed by atoms with E-state index in [9.17, 15) is 4.79 Å². The first-order valence-electron chi connectivity index (χ1n) is 10.4. The monoisotopic (exact) mass is 416 g/mol. The number of hydrogen-bond acceptors (Lipinski definition) is 4. The van der Waals surface area contributed by atoms with Gasteiger partial charge in [0.1, 0.15) is 5.76 Å². The van der Waals surface area contributed by atoms with Crippen LogP contribution in [0.3, 0.4) is 0 Å². The molecule has 0 radical (unpaired) electrons. The number of anilines is 2. The number of methoxy groups -OCH3 is 1. The highest BCUT2D eigenvalue weighted by atomic mass is 16.5. The van der Waals surface area contributed by atoms with E-state index in [1.807, 2.05) is 47.0 Å². The van der Waals surface area contributed by atoms with Gasteiger partial charge in [0.15, 0.2) is 0 Å². The highest BCUT2D eigenvalue weighted by Gasteiger charge is 2.32. The van der Waals surface area contributed by atoms with Crippen LogP contribution in [0, 0.1) is 0 Å². The zero-order chi connectivity index (χ0) is 22.1. The highest BCUT2D eigenvalue weighted by molar-refractivity contribution is 5.94. The number of aryl methyl sites for hydroxylation is 1. The number of ether oxygens (including phenoxy) is 1. The molecule has 1 aliphatic rings. The van der Waals surface area contributed by atoms with Crippen LogP contribution in [0.2, 0.25) is 0 Å². The molecule has 6 nitrogen and oxygen atoms in total. The summed E-state index contributed by atoms with van der Waals surface area (Å²) >= 11 is 0. The molecule has 31 heavy (non-hydrogen) atoms. The molecular weight excluding hydrogens is 388 g/mol. The number of nitrogens with one attached hydrogen (secondary N) is 1. The number of carbonyl (C=O) groups is 1. The van der Waals surface area contributed by atoms with Gasteiger partial charge in [0.25, 0.3) is 0 Å². The number of carbonyl (C=O) groups excluding carboxylic acids is 1. The molecule has 4 rings (SSSR count). The van der Waals surface area contributed by atoms with Gasteiger partial charge in [0, 0.05) is 48.7 Å². The lowest BCUT2D eigenvalue weighted by Crippen LogP contribution is -2.43. The van der Waals surface area contributed by atoms with Gasteiger partial charge >= 0.3 is 0 Å². The fourth-order valence-electron chi connectivity index (χ4n) is 4.37. The first-order valence-corrected chi connectivity index (χ1v) is 10.4. The maximum Gasteiger partial charge on any atom is 0.224 e. The first-order chi connectivity index (χ1) is 14.9. The first kappa shape index (κ1) is 20.7. The SMILES string of the molecule is C=C(OC)c1ccc(N[C@@H]2C[C@H](C)N(C(C)=O)c3ccc(-c4ccnn4C)cc32)cc1. The van der Waals surface area contributed by atoms with E-state index < -0.39 is 0 Å². The van der Waals surface area contributed by atoms with E-state index in [1.54, 1.807) is 20.2 Å². The van der Waals surface area contributed by atoms with Crippen molar-refractivity contribution in [2.45, 2.75) is 32.4 Å². The number of hydrogen-bond donors (Lipinski definition) is 1. The maximum atomic E-state index is 12.4. The minimum absolute atomic E-state index is 0.0583. The molecule has 0 fully saturated rings. The number of fused-ring (bicyclic) bond motifs is 1. The van der Waals surface area contributed by atoms with Gasteiger partial charge < -0.3 is 15.0 Å². The van der Waals surface area contributed by atoms with Crippen LogP contribution in [0.25, 0.3) is 17.0 Å². The molecule has 1 amide bonds. The average molecular weight is 417 g/mol. The van der Waals surface area contributed by atoms with Crippen LogP contribution < -0.4 is 10.2 Å². The van der Waals surface area contributed by atoms with Crippen molar-refractivity contribution in [1.29, 1.82) is 0 Å². The van der Waals surface area contributed by atoms with Crippen molar-refractivity contribution in [3.05, 3.63) is 72.4 Å². The van der Waals surface area contributed by atoms with Crippen molar-refractivity contribution in [2.24, 2.45) is 7.05 Å². The maximum absolute atomic E-state index is 12.4. The second-order valence-electron chi connectivity index (χ2n) is 7.99. The van der Waals surface area contributed by atoms with Crippen molar-refractivity contribution in [3.8, 4) is 11.3 Å². The molecule has 0 aliphatic carbocycles. The van der Waals surface area contributed by atoms with Gasteiger partial charge in [-0.25, -0.2) is 0 Å². The molecule has 0 saturated carbocycles. The van der Waals surface area contributed by atoms with E-state index in [0.29, 0.717) is 5.76 Å². The lowest BCUT2D eigenvalue weighted by atomic mass is 9.89. The molecule has 1 aromatic heterocycles. The minimum atomic E-state index is 0.0583. The van der Waals surface area contributed by atoms with Crippen molar-refractivity contribution in [2.75, 3.05) is 17.3 Å². The van der Waals surface area contributed by atoms with Crippen LogP contribution in [0.1, 0.15) is 37.4 Å². The predicted octanol–water partition coefficient (Wildman–Crippen LogP) is 5.00. The Morgan fingerprint density at radius 1 is 1.19 bits per heavy atom. The van der Waals surface area contributed by atoms with E-state index in [-0.39, 0.29) is 18.0 Å². The Morgan fingerprint density at radius 2 is 1.94 bits per heavy atom. The van der Waals surface area contributed by atoms with Crippen LogP contribution in [-0.2, 0) is 16.6 Å². The van der Waals surface area contributed by atoms with Crippen LogP contribution in [0.4, 0.5) is 11.4 Å². The standard InChI is InChI=1S/C25H28N4O2/c1-16-14-23(27-21-9-6-19(7-10-21)17(2)31-5)22-15-20(24-12-13-26-28(24)4)8-11-25(22)29(16)18(3)30/h6-13,15-16,23,27H,2,14H2,1,3-5H3/t16-,23+/m0/s1. The zero-order valence-corrected chi connectivity index (χ0v) is 18.4. The fourth-order valence-corrected chi connectivity index (χ4v) is 4.37. The fraction of sp³-hybridized carbons (Fsp3) is 0.280. The van der Waals surface area contributed by atoms with Gasteiger partial charge in [-0.15, -0.1) is 0 Å². The van der Waals surface area contributed by atoms with Crippen molar-refractivity contribution >= 4 is 23.0 Å². The lowest BCUT2D eigenvalue weighted by Gasteiger charge is -2.39. The van der Waals surface area contributed by atoms with Gasteiger partial charge in [-0.1, -0.05) is 12.6 Å². The quantitative estimate of drug-likeness (QED) is 0.595. The second kappa shape index (κ2) is 8.30. The summed E-state index contributed by atoms with van der Waals surface area (Å²) in [5.41, 5.74) is 6.15. The summed E-state index contributed by atoms with van der Waals surface area (Å²) in [6.07, 6.45) is 2.61. The van der Waals surface area contributed by atoms with E-state index in [0.717, 1.165) is 40.2 Å². The minimum Gasteiger partial charge on any atom is -0.497 e. The van der Waals surface area contributed by atoms with Crippen molar-refractivity contribution in [3.63, 3.8) is 0 Å². The summed E-state index contributed by atoms with van der Waals surface area (Å²) in [6, 6.07) is 16.5. The Kier molecular flexibility index (Phi) is 5.55. The number of nitrogens with zero attached hydrogens (tertiary/aromatic N) is 3. The van der Waals surface area contributed by atoms with Gasteiger partial charge in [-0.05, 0) is 61.4 Å². The Bertz CT molecular complexity index is 1120. The van der Waals surface area contributed by atoms with Gasteiger partial charge in [0.05, 0.1) is 18.8 Å². The largest absolute Gasteiger partial charge is 0.497 e. The predicted molar refractivity (Wildman–Crippen MR) is 125 cm³/mol. The third-order valence-electron chi connectivity index (χ3n) is 5.93. The molecule has 2 heterocycles. The zero-order valence-electron chi connectivity index (χ0n) is 18.4. The Morgan fingerprint density at radius 3 is 2.55 bits per heavy atom. The molecular formula is C25H28N4O2. The molecule has 1 aliphatic heterocycles. The van der Waals surface area contributed by atoms with Gasteiger partial charge in [-0.2, -0.15) is 5.10 Å². The third-order valence-corrected chi connectivity index (χ3v) is 5.93. The number of benzene rings is 2. The summed E-state index contributed by atoms with van der Waals surface area (Å²) in [7, 11) is 3.55. The lowest BCUT2D eigenvalue weighted by molar-refractivity contribution is -0.117. The van der Waals surface area contributed by atoms with Crippen LogP contribution in [0.5, 0.6) is 0 Å². The smallest absolute Gasteiger partial charge is 0.224 e. The average Bonchev–Trinajstić information content (AvgIpc) is 3.19. The van der Waals surface area contributed by atoms with Crippen molar-refractivity contribution in [1.82, 2.24) is 9.78 Å². The Balaban J connectivity index is 1.72.